The first-order valence-electron chi connectivity index (χ1n) is 14.8. The van der Waals surface area contributed by atoms with Crippen molar-refractivity contribution in [3.05, 3.63) is 95.6 Å². The Kier molecular flexibility index (Phi) is 7.98. The summed E-state index contributed by atoms with van der Waals surface area (Å²) in [6.45, 7) is 2.38. The van der Waals surface area contributed by atoms with Gasteiger partial charge in [0.25, 0.3) is 0 Å². The first-order chi connectivity index (χ1) is 20.4. The lowest BCUT2D eigenvalue weighted by Gasteiger charge is -2.36. The van der Waals surface area contributed by atoms with Crippen molar-refractivity contribution in [1.29, 1.82) is 0 Å². The van der Waals surface area contributed by atoms with E-state index in [2.05, 4.69) is 51.9 Å². The molecule has 1 saturated heterocycles. The van der Waals surface area contributed by atoms with Gasteiger partial charge in [-0.15, -0.1) is 0 Å². The highest BCUT2D eigenvalue weighted by atomic mass is 16.5. The highest BCUT2D eigenvalue weighted by molar-refractivity contribution is 5.90. The van der Waals surface area contributed by atoms with Gasteiger partial charge in [0.2, 0.25) is 5.91 Å². The molecule has 1 aliphatic heterocycles. The molecule has 0 spiro atoms. The number of hydrogen-bond donors (Lipinski definition) is 3. The molecule has 1 heterocycles. The van der Waals surface area contributed by atoms with E-state index in [-0.39, 0.29) is 36.7 Å². The second-order valence-corrected chi connectivity index (χ2v) is 12.0. The summed E-state index contributed by atoms with van der Waals surface area (Å²) in [5, 5.41) is 15.1. The van der Waals surface area contributed by atoms with Crippen LogP contribution in [0.5, 0.6) is 0 Å². The van der Waals surface area contributed by atoms with Crippen LogP contribution in [-0.4, -0.2) is 59.8 Å². The molecule has 3 N–H and O–H groups in total. The molecule has 2 fully saturated rings. The third kappa shape index (κ3) is 5.90. The Hall–Kier alpha value is -4.17. The molecule has 8 heteroatoms. The molecule has 218 valence electrons. The molecule has 0 aromatic heterocycles. The van der Waals surface area contributed by atoms with Crippen LogP contribution in [0.4, 0.5) is 4.79 Å². The van der Waals surface area contributed by atoms with Crippen LogP contribution in [0, 0.1) is 11.8 Å². The number of carbonyl (C=O) groups is 3. The van der Waals surface area contributed by atoms with Crippen molar-refractivity contribution in [3.8, 4) is 11.1 Å². The molecule has 2 aliphatic carbocycles. The van der Waals surface area contributed by atoms with E-state index in [4.69, 9.17) is 9.84 Å². The number of nitrogens with zero attached hydrogens (tertiary/aromatic N) is 1. The van der Waals surface area contributed by atoms with Gasteiger partial charge in [-0.1, -0.05) is 78.9 Å². The number of amides is 2. The SMILES string of the molecule is O=C(O)CC1CC(CNC(=O)C2(NC(=O)OCC3c4ccccc4-c4ccccc43)CCN(Cc3ccccc3)C2)C1. The van der Waals surface area contributed by atoms with Crippen LogP contribution in [0.2, 0.25) is 0 Å². The summed E-state index contributed by atoms with van der Waals surface area (Å²) in [6.07, 6.45) is 1.63. The monoisotopic (exact) mass is 567 g/mol. The quantitative estimate of drug-likeness (QED) is 0.325. The van der Waals surface area contributed by atoms with Gasteiger partial charge in [0.05, 0.1) is 0 Å². The van der Waals surface area contributed by atoms with E-state index < -0.39 is 17.6 Å². The fourth-order valence-electron chi connectivity index (χ4n) is 6.90. The number of carbonyl (C=O) groups excluding carboxylic acids is 2. The van der Waals surface area contributed by atoms with Crippen molar-refractivity contribution in [2.75, 3.05) is 26.2 Å². The summed E-state index contributed by atoms with van der Waals surface area (Å²) < 4.78 is 5.84. The van der Waals surface area contributed by atoms with Gasteiger partial charge >= 0.3 is 12.1 Å². The van der Waals surface area contributed by atoms with Crippen molar-refractivity contribution in [2.45, 2.75) is 43.7 Å². The molecule has 1 saturated carbocycles. The maximum atomic E-state index is 13.7. The van der Waals surface area contributed by atoms with E-state index in [1.54, 1.807) is 0 Å². The van der Waals surface area contributed by atoms with Gasteiger partial charge in [0.1, 0.15) is 12.1 Å². The Labute approximate surface area is 246 Å². The molecule has 2 amide bonds. The fourth-order valence-corrected chi connectivity index (χ4v) is 6.90. The third-order valence-electron chi connectivity index (χ3n) is 9.06. The number of nitrogens with one attached hydrogen (secondary N) is 2. The molecule has 1 unspecified atom stereocenters. The zero-order valence-electron chi connectivity index (χ0n) is 23.6. The van der Waals surface area contributed by atoms with Gasteiger partial charge in [0.15, 0.2) is 0 Å². The molecule has 6 rings (SSSR count). The smallest absolute Gasteiger partial charge is 0.408 e. The van der Waals surface area contributed by atoms with E-state index in [0.29, 0.717) is 32.6 Å². The van der Waals surface area contributed by atoms with E-state index in [1.165, 1.54) is 0 Å². The average Bonchev–Trinajstić information content (AvgIpc) is 3.52. The average molecular weight is 568 g/mol. The minimum absolute atomic E-state index is 0.0663. The number of aliphatic carboxylic acids is 1. The lowest BCUT2D eigenvalue weighted by atomic mass is 9.73. The Morgan fingerprint density at radius 3 is 2.19 bits per heavy atom. The standard InChI is InChI=1S/C34H37N3O5/c38-31(39)18-24-16-25(17-24)19-35-32(40)34(14-15-37(22-34)20-23-8-2-1-3-9-23)36-33(41)42-21-30-28-12-6-4-10-26(28)27-11-5-7-13-29(27)30/h1-13,24-25,30H,14-22H2,(H,35,40)(H,36,41)(H,38,39). The van der Waals surface area contributed by atoms with Crippen LogP contribution in [0.3, 0.4) is 0 Å². The van der Waals surface area contributed by atoms with Crippen molar-refractivity contribution < 1.29 is 24.2 Å². The largest absolute Gasteiger partial charge is 0.481 e. The third-order valence-corrected chi connectivity index (χ3v) is 9.06. The number of hydrogen-bond acceptors (Lipinski definition) is 5. The molecule has 0 bridgehead atoms. The number of rotatable bonds is 10. The number of carboxylic acids is 1. The normalized spacial score (nSPS) is 23.0. The number of ether oxygens (including phenoxy) is 1. The summed E-state index contributed by atoms with van der Waals surface area (Å²) in [5.74, 6) is -0.633. The van der Waals surface area contributed by atoms with Crippen LogP contribution in [0.1, 0.15) is 48.3 Å². The topological polar surface area (TPSA) is 108 Å². The van der Waals surface area contributed by atoms with Crippen LogP contribution in [-0.2, 0) is 20.9 Å². The van der Waals surface area contributed by atoms with Gasteiger partial charge in [-0.05, 0) is 58.9 Å². The summed E-state index contributed by atoms with van der Waals surface area (Å²) in [6, 6.07) is 26.5. The maximum Gasteiger partial charge on any atom is 0.408 e. The Bertz CT molecular complexity index is 1410. The van der Waals surface area contributed by atoms with Crippen molar-refractivity contribution >= 4 is 18.0 Å². The first kappa shape index (κ1) is 28.0. The zero-order chi connectivity index (χ0) is 29.1. The second-order valence-electron chi connectivity index (χ2n) is 12.0. The van der Waals surface area contributed by atoms with E-state index >= 15 is 0 Å². The van der Waals surface area contributed by atoms with Gasteiger partial charge in [0, 0.05) is 38.5 Å². The van der Waals surface area contributed by atoms with Crippen molar-refractivity contribution in [3.63, 3.8) is 0 Å². The molecule has 1 atom stereocenters. The van der Waals surface area contributed by atoms with Gasteiger partial charge in [-0.25, -0.2) is 4.79 Å². The molecule has 0 radical (unpaired) electrons. The molecular formula is C34H37N3O5. The minimum atomic E-state index is -1.11. The summed E-state index contributed by atoms with van der Waals surface area (Å²) in [7, 11) is 0. The zero-order valence-corrected chi connectivity index (χ0v) is 23.6. The molecule has 3 aliphatic rings. The number of fused-ring (bicyclic) bond motifs is 3. The van der Waals surface area contributed by atoms with Crippen LogP contribution < -0.4 is 10.6 Å². The molecule has 3 aromatic carbocycles. The second kappa shape index (κ2) is 12.0. The van der Waals surface area contributed by atoms with E-state index in [0.717, 1.165) is 40.7 Å². The summed E-state index contributed by atoms with van der Waals surface area (Å²) >= 11 is 0. The van der Waals surface area contributed by atoms with Crippen molar-refractivity contribution in [1.82, 2.24) is 15.5 Å². The van der Waals surface area contributed by atoms with Crippen LogP contribution in [0.25, 0.3) is 11.1 Å². The summed E-state index contributed by atoms with van der Waals surface area (Å²) in [5.41, 5.74) is 4.63. The van der Waals surface area contributed by atoms with E-state index in [9.17, 15) is 14.4 Å². The highest BCUT2D eigenvalue weighted by Gasteiger charge is 2.47. The minimum Gasteiger partial charge on any atom is -0.481 e. The number of benzene rings is 3. The van der Waals surface area contributed by atoms with Gasteiger partial charge in [-0.3, -0.25) is 14.5 Å². The van der Waals surface area contributed by atoms with Gasteiger partial charge < -0.3 is 20.5 Å². The number of likely N-dealkylation sites (tertiary alicyclic amines) is 1. The number of alkyl carbamates (subject to hydrolysis) is 1. The molecular weight excluding hydrogens is 530 g/mol. The fraction of sp³-hybridized carbons (Fsp3) is 0.382. The highest BCUT2D eigenvalue weighted by Crippen LogP contribution is 2.44. The summed E-state index contributed by atoms with van der Waals surface area (Å²) in [4.78, 5) is 40.2. The first-order valence-corrected chi connectivity index (χ1v) is 14.8. The predicted octanol–water partition coefficient (Wildman–Crippen LogP) is 4.79. The van der Waals surface area contributed by atoms with E-state index in [1.807, 2.05) is 42.5 Å². The van der Waals surface area contributed by atoms with Crippen molar-refractivity contribution in [2.24, 2.45) is 11.8 Å². The Balaban J connectivity index is 1.11. The van der Waals surface area contributed by atoms with Gasteiger partial charge in [-0.2, -0.15) is 0 Å². The Morgan fingerprint density at radius 1 is 0.881 bits per heavy atom. The molecule has 8 nitrogen and oxygen atoms in total. The molecule has 42 heavy (non-hydrogen) atoms. The predicted molar refractivity (Wildman–Crippen MR) is 159 cm³/mol. The lowest BCUT2D eigenvalue weighted by Crippen LogP contribution is -2.61. The molecule has 3 aromatic rings. The maximum absolute atomic E-state index is 13.7. The lowest BCUT2D eigenvalue weighted by molar-refractivity contribution is -0.139. The Morgan fingerprint density at radius 2 is 1.52 bits per heavy atom. The van der Waals surface area contributed by atoms with Crippen LogP contribution >= 0.6 is 0 Å². The van der Waals surface area contributed by atoms with Crippen LogP contribution in [0.15, 0.2) is 78.9 Å². The number of carboxylic acid groups (broad SMARTS) is 1.